The molecule has 0 aliphatic rings. The summed E-state index contributed by atoms with van der Waals surface area (Å²) in [5.74, 6) is -0.507. The molecular formula is C15H17FN4O. The first-order valence-corrected chi connectivity index (χ1v) is 6.51. The number of rotatable bonds is 5. The molecule has 4 N–H and O–H groups in total. The molecule has 0 unspecified atom stereocenters. The number of benzene rings is 1. The Bertz CT molecular complexity index is 631. The lowest BCUT2D eigenvalue weighted by Gasteiger charge is -2.14. The highest BCUT2D eigenvalue weighted by atomic mass is 19.1. The van der Waals surface area contributed by atoms with Crippen LogP contribution in [0.25, 0.3) is 0 Å². The molecule has 0 bridgehead atoms. The van der Waals surface area contributed by atoms with Gasteiger partial charge < -0.3 is 16.3 Å². The molecule has 1 aromatic carbocycles. The average molecular weight is 288 g/mol. The second kappa shape index (κ2) is 6.81. The zero-order valence-corrected chi connectivity index (χ0v) is 11.6. The maximum absolute atomic E-state index is 14.0. The van der Waals surface area contributed by atoms with E-state index >= 15 is 0 Å². The second-order valence-corrected chi connectivity index (χ2v) is 4.67. The summed E-state index contributed by atoms with van der Waals surface area (Å²) in [5, 5.41) is 14.7. The fourth-order valence-corrected chi connectivity index (χ4v) is 1.94. The fourth-order valence-electron chi connectivity index (χ4n) is 1.94. The number of halogens is 1. The second-order valence-electron chi connectivity index (χ2n) is 4.67. The van der Waals surface area contributed by atoms with Gasteiger partial charge in [-0.2, -0.15) is 0 Å². The number of hydrogen-bond donors (Lipinski definition) is 3. The van der Waals surface area contributed by atoms with Crippen LogP contribution >= 0.6 is 0 Å². The molecule has 0 radical (unpaired) electrons. The first-order chi connectivity index (χ1) is 10.1. The van der Waals surface area contributed by atoms with E-state index in [4.69, 9.17) is 10.9 Å². The van der Waals surface area contributed by atoms with Crippen LogP contribution in [0.15, 0.2) is 47.9 Å². The minimum atomic E-state index is -0.395. The first kappa shape index (κ1) is 14.9. The van der Waals surface area contributed by atoms with E-state index in [1.165, 1.54) is 6.07 Å². The molecule has 0 spiro atoms. The van der Waals surface area contributed by atoms with E-state index < -0.39 is 5.82 Å². The Balaban J connectivity index is 2.04. The standard InChI is InChI=1S/C15H17FN4O/c1-10(11-4-6-18-7-5-11)19-9-13-3-2-12(8-14(13)16)15(17)20-21/h2-8,10,19,21H,9H2,1H3,(H2,17,20)/t10-/m0/s1. The van der Waals surface area contributed by atoms with Crippen molar-refractivity contribution in [1.29, 1.82) is 0 Å². The molecule has 1 aromatic heterocycles. The van der Waals surface area contributed by atoms with Crippen LogP contribution in [0, 0.1) is 5.82 Å². The molecule has 1 atom stereocenters. The Labute approximate surface area is 122 Å². The molecule has 0 saturated heterocycles. The molecular weight excluding hydrogens is 271 g/mol. The molecule has 1 heterocycles. The average Bonchev–Trinajstić information content (AvgIpc) is 2.53. The third kappa shape index (κ3) is 3.76. The molecule has 0 aliphatic heterocycles. The van der Waals surface area contributed by atoms with Gasteiger partial charge in [-0.05, 0) is 30.7 Å². The maximum Gasteiger partial charge on any atom is 0.170 e. The smallest absolute Gasteiger partial charge is 0.170 e. The fraction of sp³-hybridized carbons (Fsp3) is 0.200. The van der Waals surface area contributed by atoms with E-state index in [1.807, 2.05) is 19.1 Å². The zero-order valence-electron chi connectivity index (χ0n) is 11.6. The predicted molar refractivity (Wildman–Crippen MR) is 78.4 cm³/mol. The van der Waals surface area contributed by atoms with Gasteiger partial charge in [0.05, 0.1) is 0 Å². The van der Waals surface area contributed by atoms with Gasteiger partial charge in [0.15, 0.2) is 5.84 Å². The lowest BCUT2D eigenvalue weighted by atomic mass is 10.1. The van der Waals surface area contributed by atoms with Crippen molar-refractivity contribution in [2.45, 2.75) is 19.5 Å². The van der Waals surface area contributed by atoms with Gasteiger partial charge in [-0.1, -0.05) is 17.3 Å². The van der Waals surface area contributed by atoms with Gasteiger partial charge >= 0.3 is 0 Å². The van der Waals surface area contributed by atoms with Crippen molar-refractivity contribution in [3.63, 3.8) is 0 Å². The highest BCUT2D eigenvalue weighted by Crippen LogP contribution is 2.14. The number of pyridine rings is 1. The van der Waals surface area contributed by atoms with E-state index in [0.717, 1.165) is 5.56 Å². The minimum absolute atomic E-state index is 0.0798. The first-order valence-electron chi connectivity index (χ1n) is 6.51. The van der Waals surface area contributed by atoms with Crippen molar-refractivity contribution in [1.82, 2.24) is 10.3 Å². The van der Waals surface area contributed by atoms with Crippen molar-refractivity contribution in [3.05, 3.63) is 65.2 Å². The Morgan fingerprint density at radius 3 is 2.71 bits per heavy atom. The van der Waals surface area contributed by atoms with E-state index in [2.05, 4.69) is 15.5 Å². The normalized spacial score (nSPS) is 13.1. The molecule has 0 aliphatic carbocycles. The third-order valence-electron chi connectivity index (χ3n) is 3.26. The van der Waals surface area contributed by atoms with Crippen LogP contribution in [0.4, 0.5) is 4.39 Å². The summed E-state index contributed by atoms with van der Waals surface area (Å²) in [4.78, 5) is 3.96. The number of hydrogen-bond acceptors (Lipinski definition) is 4. The molecule has 110 valence electrons. The van der Waals surface area contributed by atoms with Crippen LogP contribution in [0.2, 0.25) is 0 Å². The Kier molecular flexibility index (Phi) is 4.84. The lowest BCUT2D eigenvalue weighted by molar-refractivity contribution is 0.318. The van der Waals surface area contributed by atoms with Gasteiger partial charge in [-0.15, -0.1) is 0 Å². The molecule has 0 fully saturated rings. The monoisotopic (exact) mass is 288 g/mol. The number of oxime groups is 1. The van der Waals surface area contributed by atoms with Crippen molar-refractivity contribution < 1.29 is 9.60 Å². The summed E-state index contributed by atoms with van der Waals surface area (Å²) in [6.45, 7) is 2.38. The largest absolute Gasteiger partial charge is 0.409 e. The van der Waals surface area contributed by atoms with Gasteiger partial charge in [0.2, 0.25) is 0 Å². The van der Waals surface area contributed by atoms with Gasteiger partial charge in [0.25, 0.3) is 0 Å². The summed E-state index contributed by atoms with van der Waals surface area (Å²) in [5.41, 5.74) is 7.37. The number of nitrogens with one attached hydrogen (secondary N) is 1. The Morgan fingerprint density at radius 2 is 2.10 bits per heavy atom. The van der Waals surface area contributed by atoms with Gasteiger partial charge in [-0.3, -0.25) is 4.98 Å². The molecule has 5 nitrogen and oxygen atoms in total. The molecule has 0 saturated carbocycles. The Morgan fingerprint density at radius 1 is 1.38 bits per heavy atom. The van der Waals surface area contributed by atoms with Crippen LogP contribution in [-0.4, -0.2) is 16.0 Å². The van der Waals surface area contributed by atoms with Crippen molar-refractivity contribution in [2.75, 3.05) is 0 Å². The van der Waals surface area contributed by atoms with Crippen LogP contribution in [-0.2, 0) is 6.54 Å². The number of nitrogens with zero attached hydrogens (tertiary/aromatic N) is 2. The number of aromatic nitrogens is 1. The maximum atomic E-state index is 14.0. The van der Waals surface area contributed by atoms with Crippen LogP contribution in [0.3, 0.4) is 0 Å². The summed E-state index contributed by atoms with van der Waals surface area (Å²) in [6.07, 6.45) is 3.44. The Hall–Kier alpha value is -2.47. The van der Waals surface area contributed by atoms with Gasteiger partial charge in [0, 0.05) is 36.1 Å². The molecule has 2 rings (SSSR count). The zero-order chi connectivity index (χ0) is 15.2. The third-order valence-corrected chi connectivity index (χ3v) is 3.26. The van der Waals surface area contributed by atoms with Crippen LogP contribution < -0.4 is 11.1 Å². The summed E-state index contributed by atoms with van der Waals surface area (Å²) >= 11 is 0. The molecule has 21 heavy (non-hydrogen) atoms. The quantitative estimate of drug-likeness (QED) is 0.341. The molecule has 2 aromatic rings. The van der Waals surface area contributed by atoms with E-state index in [1.54, 1.807) is 24.5 Å². The predicted octanol–water partition coefficient (Wildman–Crippen LogP) is 2.17. The molecule has 6 heteroatoms. The molecule has 0 amide bonds. The topological polar surface area (TPSA) is 83.5 Å². The van der Waals surface area contributed by atoms with E-state index in [0.29, 0.717) is 17.7 Å². The highest BCUT2D eigenvalue weighted by Gasteiger charge is 2.09. The van der Waals surface area contributed by atoms with Gasteiger partial charge in [-0.25, -0.2) is 4.39 Å². The number of nitrogens with two attached hydrogens (primary N) is 1. The highest BCUT2D eigenvalue weighted by molar-refractivity contribution is 5.97. The minimum Gasteiger partial charge on any atom is -0.409 e. The van der Waals surface area contributed by atoms with Crippen LogP contribution in [0.5, 0.6) is 0 Å². The lowest BCUT2D eigenvalue weighted by Crippen LogP contribution is -2.19. The summed E-state index contributed by atoms with van der Waals surface area (Å²) in [7, 11) is 0. The van der Waals surface area contributed by atoms with E-state index in [-0.39, 0.29) is 11.9 Å². The van der Waals surface area contributed by atoms with Crippen molar-refractivity contribution in [2.24, 2.45) is 10.9 Å². The summed E-state index contributed by atoms with van der Waals surface area (Å²) < 4.78 is 14.0. The van der Waals surface area contributed by atoms with Crippen molar-refractivity contribution in [3.8, 4) is 0 Å². The van der Waals surface area contributed by atoms with Crippen LogP contribution in [0.1, 0.15) is 29.7 Å². The number of amidine groups is 1. The van der Waals surface area contributed by atoms with E-state index in [9.17, 15) is 4.39 Å². The SMILES string of the molecule is C[C@H](NCc1ccc(/C(N)=N/O)cc1F)c1ccncc1. The van der Waals surface area contributed by atoms with Crippen molar-refractivity contribution >= 4 is 5.84 Å². The van der Waals surface area contributed by atoms with Gasteiger partial charge in [0.1, 0.15) is 5.82 Å². The summed E-state index contributed by atoms with van der Waals surface area (Å²) in [6, 6.07) is 8.39.